The molecule has 0 spiro atoms. The third kappa shape index (κ3) is 4.91. The number of amides is 2. The van der Waals surface area contributed by atoms with Crippen molar-refractivity contribution in [2.75, 3.05) is 6.54 Å². The van der Waals surface area contributed by atoms with Gasteiger partial charge in [0, 0.05) is 35.0 Å². The highest BCUT2D eigenvalue weighted by atomic mass is 32.1. The predicted molar refractivity (Wildman–Crippen MR) is 80.9 cm³/mol. The Hall–Kier alpha value is -2.36. The first-order valence-electron chi connectivity index (χ1n) is 6.33. The molecule has 0 bridgehead atoms. The minimum atomic E-state index is -0.903. The maximum Gasteiger partial charge on any atom is 0.339 e. The van der Waals surface area contributed by atoms with Crippen LogP contribution in [0.1, 0.15) is 15.3 Å². The molecular formula is C15H15N3O2S. The fourth-order valence-electron chi connectivity index (χ4n) is 1.67. The third-order valence-electron chi connectivity index (χ3n) is 2.72. The Balaban J connectivity index is 1.86. The van der Waals surface area contributed by atoms with Gasteiger partial charge in [0.05, 0.1) is 0 Å². The van der Waals surface area contributed by atoms with Crippen molar-refractivity contribution in [2.45, 2.75) is 12.8 Å². The molecule has 3 N–H and O–H groups in total. The number of hydrogen-bond acceptors (Lipinski definition) is 4. The Bertz CT molecular complexity index is 658. The highest BCUT2D eigenvalue weighted by molar-refractivity contribution is 7.12. The highest BCUT2D eigenvalue weighted by Gasteiger charge is 2.02. The summed E-state index contributed by atoms with van der Waals surface area (Å²) in [6, 6.07) is 7.22. The average Bonchev–Trinajstić information content (AvgIpc) is 2.92. The maximum atomic E-state index is 10.6. The number of hydrogen-bond donors (Lipinski definition) is 2. The second-order valence-corrected chi connectivity index (χ2v) is 5.58. The lowest BCUT2D eigenvalue weighted by atomic mass is 10.2. The number of nitrogens with two attached hydrogens (primary N) is 1. The summed E-state index contributed by atoms with van der Waals surface area (Å²) in [5.74, 6) is 5.60. The van der Waals surface area contributed by atoms with Gasteiger partial charge < -0.3 is 5.73 Å². The van der Waals surface area contributed by atoms with Gasteiger partial charge in [-0.3, -0.25) is 10.2 Å². The second-order valence-electron chi connectivity index (χ2n) is 4.33. The normalized spacial score (nSPS) is 9.76. The summed E-state index contributed by atoms with van der Waals surface area (Å²) in [5, 5.41) is 9.43. The fraction of sp³-hybridized carbons (Fsp3) is 0.200. The number of rotatable bonds is 4. The van der Waals surface area contributed by atoms with Gasteiger partial charge in [0.1, 0.15) is 6.54 Å². The van der Waals surface area contributed by atoms with Crippen LogP contribution in [-0.4, -0.2) is 27.8 Å². The summed E-state index contributed by atoms with van der Waals surface area (Å²) < 4.78 is 0. The summed E-state index contributed by atoms with van der Waals surface area (Å²) in [6.07, 6.45) is 5.05. The molecule has 0 unspecified atom stereocenters. The molecule has 2 heterocycles. The molecule has 0 aliphatic carbocycles. The van der Waals surface area contributed by atoms with Gasteiger partial charge in [0.15, 0.2) is 0 Å². The molecule has 0 radical (unpaired) electrons. The smallest absolute Gasteiger partial charge is 0.339 e. The minimum absolute atomic E-state index is 0.0788. The highest BCUT2D eigenvalue weighted by Crippen LogP contribution is 2.19. The number of primary amides is 1. The number of aromatic nitrogens is 1. The second kappa shape index (κ2) is 7.43. The summed E-state index contributed by atoms with van der Waals surface area (Å²) in [5.41, 5.74) is 6.10. The van der Waals surface area contributed by atoms with Gasteiger partial charge in [-0.05, 0) is 29.8 Å². The van der Waals surface area contributed by atoms with E-state index in [2.05, 4.69) is 22.9 Å². The van der Waals surface area contributed by atoms with E-state index in [1.54, 1.807) is 23.7 Å². The summed E-state index contributed by atoms with van der Waals surface area (Å²) in [6.45, 7) is -0.0788. The van der Waals surface area contributed by atoms with E-state index in [9.17, 15) is 4.79 Å². The molecule has 0 atom stereocenters. The van der Waals surface area contributed by atoms with Crippen molar-refractivity contribution in [1.29, 1.82) is 0 Å². The van der Waals surface area contributed by atoms with Crippen LogP contribution >= 0.6 is 11.3 Å². The van der Waals surface area contributed by atoms with E-state index in [1.165, 1.54) is 10.4 Å². The Kier molecular flexibility index (Phi) is 5.32. The van der Waals surface area contributed by atoms with E-state index < -0.39 is 6.03 Å². The van der Waals surface area contributed by atoms with E-state index in [4.69, 9.17) is 10.9 Å². The van der Waals surface area contributed by atoms with Gasteiger partial charge in [0.25, 0.3) is 0 Å². The lowest BCUT2D eigenvalue weighted by Crippen LogP contribution is -2.32. The summed E-state index contributed by atoms with van der Waals surface area (Å²) in [4.78, 5) is 17.0. The van der Waals surface area contributed by atoms with Crippen LogP contribution in [0.4, 0.5) is 4.79 Å². The van der Waals surface area contributed by atoms with Crippen molar-refractivity contribution >= 4 is 17.4 Å². The molecule has 2 aromatic rings. The van der Waals surface area contributed by atoms with Gasteiger partial charge in [-0.25, -0.2) is 4.79 Å². The van der Waals surface area contributed by atoms with E-state index in [0.717, 1.165) is 11.3 Å². The molecule has 5 nitrogen and oxygen atoms in total. The van der Waals surface area contributed by atoms with E-state index in [1.807, 2.05) is 18.2 Å². The molecule has 21 heavy (non-hydrogen) atoms. The number of pyridine rings is 1. The zero-order valence-electron chi connectivity index (χ0n) is 11.3. The SMILES string of the molecule is NC(=O)N(O)CC#CCc1ccc(Cc2ccncc2)s1. The monoisotopic (exact) mass is 301 g/mol. The number of thiophene rings is 1. The fourth-order valence-corrected chi connectivity index (χ4v) is 2.66. The van der Waals surface area contributed by atoms with Gasteiger partial charge in [-0.1, -0.05) is 11.8 Å². The van der Waals surface area contributed by atoms with Crippen LogP contribution < -0.4 is 5.73 Å². The topological polar surface area (TPSA) is 79.5 Å². The number of carbonyl (C=O) groups is 1. The van der Waals surface area contributed by atoms with Gasteiger partial charge in [-0.2, -0.15) is 5.06 Å². The first-order chi connectivity index (χ1) is 10.1. The van der Waals surface area contributed by atoms with Crippen LogP contribution in [0.5, 0.6) is 0 Å². The molecule has 0 fully saturated rings. The zero-order chi connectivity index (χ0) is 15.1. The quantitative estimate of drug-likeness (QED) is 0.515. The largest absolute Gasteiger partial charge is 0.350 e. The lowest BCUT2D eigenvalue weighted by Gasteiger charge is -2.05. The van der Waals surface area contributed by atoms with Crippen molar-refractivity contribution < 1.29 is 10.0 Å². The Morgan fingerprint density at radius 3 is 2.67 bits per heavy atom. The zero-order valence-corrected chi connectivity index (χ0v) is 12.1. The molecule has 2 aromatic heterocycles. The molecular weight excluding hydrogens is 286 g/mol. The molecule has 0 aliphatic rings. The number of hydroxylamine groups is 2. The minimum Gasteiger partial charge on any atom is -0.350 e. The Labute approximate surface area is 127 Å². The predicted octanol–water partition coefficient (Wildman–Crippen LogP) is 2.05. The Morgan fingerprint density at radius 2 is 1.95 bits per heavy atom. The van der Waals surface area contributed by atoms with Crippen molar-refractivity contribution in [2.24, 2.45) is 5.73 Å². The molecule has 2 amide bonds. The lowest BCUT2D eigenvalue weighted by molar-refractivity contribution is -0.0269. The van der Waals surface area contributed by atoms with Crippen LogP contribution in [-0.2, 0) is 12.8 Å². The molecule has 0 saturated heterocycles. The van der Waals surface area contributed by atoms with Gasteiger partial charge in [0.2, 0.25) is 0 Å². The summed E-state index contributed by atoms with van der Waals surface area (Å²) >= 11 is 1.70. The Morgan fingerprint density at radius 1 is 1.24 bits per heavy atom. The standard InChI is InChI=1S/C15H15N3O2S/c16-15(19)18(20)10-2-1-3-13-4-5-14(21-13)11-12-6-8-17-9-7-12/h4-9,20H,3,10-11H2,(H2,16,19). The average molecular weight is 301 g/mol. The van der Waals surface area contributed by atoms with Crippen molar-refractivity contribution in [3.05, 3.63) is 52.0 Å². The molecule has 6 heteroatoms. The molecule has 0 aromatic carbocycles. The van der Waals surface area contributed by atoms with Crippen molar-refractivity contribution in [3.63, 3.8) is 0 Å². The number of nitrogens with zero attached hydrogens (tertiary/aromatic N) is 2. The maximum absolute atomic E-state index is 10.6. The van der Waals surface area contributed by atoms with Crippen LogP contribution in [0, 0.1) is 11.8 Å². The van der Waals surface area contributed by atoms with Crippen LogP contribution in [0.3, 0.4) is 0 Å². The summed E-state index contributed by atoms with van der Waals surface area (Å²) in [7, 11) is 0. The van der Waals surface area contributed by atoms with Crippen molar-refractivity contribution in [3.8, 4) is 11.8 Å². The third-order valence-corrected chi connectivity index (χ3v) is 3.80. The van der Waals surface area contributed by atoms with Crippen LogP contribution in [0.2, 0.25) is 0 Å². The molecule has 2 rings (SSSR count). The molecule has 108 valence electrons. The van der Waals surface area contributed by atoms with Gasteiger partial charge >= 0.3 is 6.03 Å². The number of carbonyl (C=O) groups excluding carboxylic acids is 1. The number of urea groups is 1. The van der Waals surface area contributed by atoms with Crippen LogP contribution in [0.25, 0.3) is 0 Å². The first-order valence-corrected chi connectivity index (χ1v) is 7.15. The molecule has 0 aliphatic heterocycles. The van der Waals surface area contributed by atoms with E-state index in [-0.39, 0.29) is 6.54 Å². The van der Waals surface area contributed by atoms with Crippen molar-refractivity contribution in [1.82, 2.24) is 10.0 Å². The van der Waals surface area contributed by atoms with Gasteiger partial charge in [-0.15, -0.1) is 11.3 Å². The first kappa shape index (κ1) is 15.0. The van der Waals surface area contributed by atoms with E-state index in [0.29, 0.717) is 11.5 Å². The van der Waals surface area contributed by atoms with Crippen LogP contribution in [0.15, 0.2) is 36.7 Å². The van der Waals surface area contributed by atoms with E-state index >= 15 is 0 Å². The molecule has 0 saturated carbocycles.